The highest BCUT2D eigenvalue weighted by atomic mass is 32.2. The van der Waals surface area contributed by atoms with Crippen molar-refractivity contribution < 1.29 is 0 Å². The van der Waals surface area contributed by atoms with Crippen LogP contribution in [0.3, 0.4) is 0 Å². The summed E-state index contributed by atoms with van der Waals surface area (Å²) in [7, 11) is 0. The maximum absolute atomic E-state index is 13.8. The SMILES string of the molecule is CC(C)CCSc1nc2sc3c(c2c(=O)n1Cc1ccccc1)CCc1ccccc1-3. The molecule has 158 valence electrons. The van der Waals surface area contributed by atoms with E-state index in [1.807, 2.05) is 22.8 Å². The van der Waals surface area contributed by atoms with Gasteiger partial charge in [-0.1, -0.05) is 80.2 Å². The molecule has 0 saturated carbocycles. The standard InChI is InChI=1S/C26H26N2OS2/c1-17(2)14-15-30-26-27-24-22(25(29)28(26)16-18-8-4-3-5-9-18)21-13-12-19-10-6-7-11-20(19)23(21)31-24/h3-11,17H,12-16H2,1-2H3. The van der Waals surface area contributed by atoms with Crippen LogP contribution in [0.1, 0.15) is 37.0 Å². The largest absolute Gasteiger partial charge is 0.283 e. The topological polar surface area (TPSA) is 34.9 Å². The third kappa shape index (κ3) is 3.97. The predicted octanol–water partition coefficient (Wildman–Crippen LogP) is 6.41. The third-order valence-corrected chi connectivity index (χ3v) is 8.06. The monoisotopic (exact) mass is 446 g/mol. The van der Waals surface area contributed by atoms with Gasteiger partial charge in [0.15, 0.2) is 5.16 Å². The molecule has 0 amide bonds. The number of benzene rings is 2. The molecule has 1 aliphatic rings. The van der Waals surface area contributed by atoms with Crippen molar-refractivity contribution in [3.05, 3.63) is 81.6 Å². The zero-order valence-corrected chi connectivity index (χ0v) is 19.6. The second-order valence-electron chi connectivity index (χ2n) is 8.55. The molecule has 0 unspecified atom stereocenters. The maximum atomic E-state index is 13.8. The lowest BCUT2D eigenvalue weighted by Crippen LogP contribution is -2.24. The number of hydrogen-bond donors (Lipinski definition) is 0. The normalized spacial score (nSPS) is 12.9. The maximum Gasteiger partial charge on any atom is 0.263 e. The molecule has 5 heteroatoms. The van der Waals surface area contributed by atoms with Crippen molar-refractivity contribution in [2.45, 2.75) is 44.8 Å². The molecule has 3 nitrogen and oxygen atoms in total. The van der Waals surface area contributed by atoms with Crippen molar-refractivity contribution in [3.8, 4) is 10.4 Å². The van der Waals surface area contributed by atoms with Crippen LogP contribution >= 0.6 is 23.1 Å². The fourth-order valence-electron chi connectivity index (χ4n) is 4.20. The number of thioether (sulfide) groups is 1. The molecule has 2 heterocycles. The first-order chi connectivity index (χ1) is 15.1. The van der Waals surface area contributed by atoms with Crippen LogP contribution in [0.5, 0.6) is 0 Å². The summed E-state index contributed by atoms with van der Waals surface area (Å²) < 4.78 is 1.90. The Kier molecular flexibility index (Phi) is 5.72. The molecule has 0 bridgehead atoms. The number of thiophene rings is 1. The number of hydrogen-bond acceptors (Lipinski definition) is 4. The van der Waals surface area contributed by atoms with Gasteiger partial charge in [0, 0.05) is 10.6 Å². The lowest BCUT2D eigenvalue weighted by atomic mass is 9.90. The molecule has 0 radical (unpaired) electrons. The molecule has 4 aromatic rings. The Morgan fingerprint density at radius 2 is 1.84 bits per heavy atom. The van der Waals surface area contributed by atoms with E-state index >= 15 is 0 Å². The molecule has 0 atom stereocenters. The Morgan fingerprint density at radius 1 is 1.06 bits per heavy atom. The summed E-state index contributed by atoms with van der Waals surface area (Å²) in [4.78, 5) is 21.0. The van der Waals surface area contributed by atoms with Crippen LogP contribution in [0, 0.1) is 5.92 Å². The van der Waals surface area contributed by atoms with E-state index in [0.29, 0.717) is 12.5 Å². The van der Waals surface area contributed by atoms with Gasteiger partial charge in [0.25, 0.3) is 5.56 Å². The highest BCUT2D eigenvalue weighted by Gasteiger charge is 2.25. The average molecular weight is 447 g/mol. The summed E-state index contributed by atoms with van der Waals surface area (Å²) in [5, 5.41) is 1.67. The van der Waals surface area contributed by atoms with Gasteiger partial charge in [0.05, 0.1) is 11.9 Å². The number of aryl methyl sites for hydroxylation is 2. The van der Waals surface area contributed by atoms with E-state index in [2.05, 4.69) is 50.2 Å². The molecular formula is C26H26N2OS2. The van der Waals surface area contributed by atoms with Crippen LogP contribution in [0.4, 0.5) is 0 Å². The minimum Gasteiger partial charge on any atom is -0.283 e. The zero-order chi connectivity index (χ0) is 21.4. The Labute approximate surface area is 191 Å². The fourth-order valence-corrected chi connectivity index (χ4v) is 6.76. The predicted molar refractivity (Wildman–Crippen MR) is 132 cm³/mol. The Balaban J connectivity index is 1.66. The summed E-state index contributed by atoms with van der Waals surface area (Å²) in [5.41, 5.74) is 5.08. The van der Waals surface area contributed by atoms with Crippen molar-refractivity contribution in [1.29, 1.82) is 0 Å². The molecule has 31 heavy (non-hydrogen) atoms. The molecule has 0 spiro atoms. The fraction of sp³-hybridized carbons (Fsp3) is 0.308. The minimum atomic E-state index is 0.109. The summed E-state index contributed by atoms with van der Waals surface area (Å²) in [6, 6.07) is 18.8. The van der Waals surface area contributed by atoms with Crippen molar-refractivity contribution in [2.75, 3.05) is 5.75 Å². The van der Waals surface area contributed by atoms with Crippen molar-refractivity contribution >= 4 is 33.3 Å². The summed E-state index contributed by atoms with van der Waals surface area (Å²) in [6.45, 7) is 5.03. The van der Waals surface area contributed by atoms with Gasteiger partial charge in [0.2, 0.25) is 0 Å². The molecule has 1 aliphatic carbocycles. The second kappa shape index (κ2) is 8.64. The van der Waals surface area contributed by atoms with Gasteiger partial charge in [-0.2, -0.15) is 0 Å². The lowest BCUT2D eigenvalue weighted by molar-refractivity contribution is 0.626. The third-order valence-electron chi connectivity index (χ3n) is 5.89. The molecule has 2 aromatic carbocycles. The highest BCUT2D eigenvalue weighted by Crippen LogP contribution is 2.42. The molecule has 0 aliphatic heterocycles. The van der Waals surface area contributed by atoms with Crippen LogP contribution in [0.15, 0.2) is 64.5 Å². The minimum absolute atomic E-state index is 0.109. The van der Waals surface area contributed by atoms with Gasteiger partial charge in [-0.25, -0.2) is 4.98 Å². The molecule has 0 saturated heterocycles. The van der Waals surface area contributed by atoms with Crippen LogP contribution < -0.4 is 5.56 Å². The second-order valence-corrected chi connectivity index (χ2v) is 10.6. The number of aromatic nitrogens is 2. The number of nitrogens with zero attached hydrogens (tertiary/aromatic N) is 2. The lowest BCUT2D eigenvalue weighted by Gasteiger charge is -2.16. The first kappa shape index (κ1) is 20.5. The van der Waals surface area contributed by atoms with Gasteiger partial charge >= 0.3 is 0 Å². The van der Waals surface area contributed by atoms with Crippen LogP contribution in [0.25, 0.3) is 20.7 Å². The summed E-state index contributed by atoms with van der Waals surface area (Å²) >= 11 is 3.40. The summed E-state index contributed by atoms with van der Waals surface area (Å²) in [5.74, 6) is 1.61. The van der Waals surface area contributed by atoms with Crippen LogP contribution in [-0.2, 0) is 19.4 Å². The molecule has 0 fully saturated rings. The van der Waals surface area contributed by atoms with E-state index < -0.39 is 0 Å². The smallest absolute Gasteiger partial charge is 0.263 e. The van der Waals surface area contributed by atoms with Gasteiger partial charge < -0.3 is 0 Å². The average Bonchev–Trinajstić information content (AvgIpc) is 3.16. The summed E-state index contributed by atoms with van der Waals surface area (Å²) in [6.07, 6.45) is 3.00. The Bertz CT molecular complexity index is 1290. The molecule has 2 aromatic heterocycles. The first-order valence-electron chi connectivity index (χ1n) is 10.9. The zero-order valence-electron chi connectivity index (χ0n) is 17.9. The quantitative estimate of drug-likeness (QED) is 0.253. The molecule has 5 rings (SSSR count). The van der Waals surface area contributed by atoms with Gasteiger partial charge in [0.1, 0.15) is 4.83 Å². The van der Waals surface area contributed by atoms with Gasteiger partial charge in [-0.05, 0) is 47.4 Å². The van der Waals surface area contributed by atoms with E-state index in [1.165, 1.54) is 21.6 Å². The van der Waals surface area contributed by atoms with Gasteiger partial charge in [-0.3, -0.25) is 9.36 Å². The number of rotatable bonds is 6. The van der Waals surface area contributed by atoms with E-state index in [9.17, 15) is 4.79 Å². The highest BCUT2D eigenvalue weighted by molar-refractivity contribution is 7.99. The Morgan fingerprint density at radius 3 is 2.65 bits per heavy atom. The van der Waals surface area contributed by atoms with Crippen molar-refractivity contribution in [3.63, 3.8) is 0 Å². The van der Waals surface area contributed by atoms with E-state index in [1.54, 1.807) is 23.1 Å². The molecular weight excluding hydrogens is 420 g/mol. The van der Waals surface area contributed by atoms with E-state index in [4.69, 9.17) is 4.98 Å². The number of fused-ring (bicyclic) bond motifs is 5. The van der Waals surface area contributed by atoms with E-state index in [-0.39, 0.29) is 5.56 Å². The van der Waals surface area contributed by atoms with Crippen LogP contribution in [0.2, 0.25) is 0 Å². The van der Waals surface area contributed by atoms with E-state index in [0.717, 1.165) is 46.0 Å². The molecule has 0 N–H and O–H groups in total. The van der Waals surface area contributed by atoms with Crippen molar-refractivity contribution in [1.82, 2.24) is 9.55 Å². The van der Waals surface area contributed by atoms with Crippen molar-refractivity contribution in [2.24, 2.45) is 5.92 Å². The van der Waals surface area contributed by atoms with Crippen LogP contribution in [-0.4, -0.2) is 15.3 Å². The first-order valence-corrected chi connectivity index (χ1v) is 12.7. The van der Waals surface area contributed by atoms with Gasteiger partial charge in [-0.15, -0.1) is 11.3 Å². The Hall–Kier alpha value is -2.37.